The minimum Gasteiger partial charge on any atom is -0.320 e. The Bertz CT molecular complexity index is 1330. The summed E-state index contributed by atoms with van der Waals surface area (Å²) in [6.07, 6.45) is -0.527. The van der Waals surface area contributed by atoms with Gasteiger partial charge in [-0.25, -0.2) is 13.4 Å². The molecule has 0 unspecified atom stereocenters. The van der Waals surface area contributed by atoms with Crippen molar-refractivity contribution in [2.45, 2.75) is 32.5 Å². The molecule has 166 valence electrons. The zero-order valence-corrected chi connectivity index (χ0v) is 17.9. The highest BCUT2D eigenvalue weighted by Gasteiger charge is 2.39. The molecule has 4 rings (SSSR count). The first-order valence-electron chi connectivity index (χ1n) is 9.60. The van der Waals surface area contributed by atoms with Gasteiger partial charge in [0, 0.05) is 25.4 Å². The van der Waals surface area contributed by atoms with E-state index in [1.54, 1.807) is 32.3 Å². The Kier molecular flexibility index (Phi) is 4.91. The predicted octanol–water partition coefficient (Wildman–Crippen LogP) is 3.51. The van der Waals surface area contributed by atoms with E-state index in [2.05, 4.69) is 9.71 Å². The Morgan fingerprint density at radius 3 is 2.42 bits per heavy atom. The van der Waals surface area contributed by atoms with E-state index < -0.39 is 22.0 Å². The highest BCUT2D eigenvalue weighted by molar-refractivity contribution is 7.92. The number of nitrogens with zero attached hydrogens (tertiary/aromatic N) is 3. The summed E-state index contributed by atoms with van der Waals surface area (Å²) in [6.45, 7) is 1.79. The molecular formula is C20H21F3N4O3S. The number of sulfonamides is 1. The van der Waals surface area contributed by atoms with Crippen molar-refractivity contribution in [3.8, 4) is 11.1 Å². The Labute approximate surface area is 176 Å². The lowest BCUT2D eigenvalue weighted by Crippen LogP contribution is -2.18. The van der Waals surface area contributed by atoms with Gasteiger partial charge in [0.1, 0.15) is 5.52 Å². The zero-order valence-electron chi connectivity index (χ0n) is 17.1. The van der Waals surface area contributed by atoms with Crippen LogP contribution < -0.4 is 10.3 Å². The van der Waals surface area contributed by atoms with Crippen molar-refractivity contribution in [1.29, 1.82) is 0 Å². The van der Waals surface area contributed by atoms with Gasteiger partial charge in [-0.05, 0) is 55.0 Å². The number of pyridine rings is 1. The first-order chi connectivity index (χ1) is 14.3. The molecule has 1 N–H and O–H groups in total. The number of alkyl halides is 3. The Hall–Kier alpha value is -2.82. The molecule has 1 aliphatic rings. The highest BCUT2D eigenvalue weighted by Crippen LogP contribution is 2.40. The molecule has 1 aromatic carbocycles. The normalized spacial score (nSPS) is 14.9. The number of aromatic nitrogens is 3. The van der Waals surface area contributed by atoms with Crippen LogP contribution in [0.25, 0.3) is 22.2 Å². The van der Waals surface area contributed by atoms with Gasteiger partial charge in [0.15, 0.2) is 0 Å². The summed E-state index contributed by atoms with van der Waals surface area (Å²) in [5, 5.41) is 0. The van der Waals surface area contributed by atoms with Crippen LogP contribution in [0.2, 0.25) is 0 Å². The molecule has 2 aromatic heterocycles. The van der Waals surface area contributed by atoms with Crippen LogP contribution in [0.1, 0.15) is 24.2 Å². The number of imidazole rings is 1. The van der Waals surface area contributed by atoms with Gasteiger partial charge in [-0.15, -0.1) is 0 Å². The van der Waals surface area contributed by atoms with Crippen molar-refractivity contribution in [3.05, 3.63) is 46.1 Å². The molecule has 2 heterocycles. The van der Waals surface area contributed by atoms with Crippen molar-refractivity contribution in [1.82, 2.24) is 14.1 Å². The van der Waals surface area contributed by atoms with Gasteiger partial charge in [0.05, 0.1) is 17.5 Å². The Morgan fingerprint density at radius 2 is 1.87 bits per heavy atom. The fourth-order valence-corrected chi connectivity index (χ4v) is 4.22. The Morgan fingerprint density at radius 1 is 1.19 bits per heavy atom. The second-order valence-electron chi connectivity index (χ2n) is 8.08. The van der Waals surface area contributed by atoms with Crippen LogP contribution in [0.5, 0.6) is 0 Å². The number of rotatable bonds is 5. The fraction of sp³-hybridized carbons (Fsp3) is 0.400. The van der Waals surface area contributed by atoms with Gasteiger partial charge in [0.2, 0.25) is 15.8 Å². The number of anilines is 1. The quantitative estimate of drug-likeness (QED) is 0.639. The molecule has 1 aliphatic carbocycles. The van der Waals surface area contributed by atoms with Crippen LogP contribution in [0.4, 0.5) is 18.9 Å². The second kappa shape index (κ2) is 7.11. The monoisotopic (exact) mass is 454 g/mol. The summed E-state index contributed by atoms with van der Waals surface area (Å²) < 4.78 is 69.8. The van der Waals surface area contributed by atoms with E-state index in [9.17, 15) is 26.4 Å². The molecule has 31 heavy (non-hydrogen) atoms. The fourth-order valence-electron chi connectivity index (χ4n) is 3.66. The molecule has 7 nitrogen and oxygen atoms in total. The summed E-state index contributed by atoms with van der Waals surface area (Å²) in [5.74, 6) is -0.923. The maximum atomic E-state index is 13.7. The number of hydrogen-bond acceptors (Lipinski definition) is 4. The van der Waals surface area contributed by atoms with Gasteiger partial charge in [-0.1, -0.05) is 0 Å². The van der Waals surface area contributed by atoms with Crippen molar-refractivity contribution < 1.29 is 21.6 Å². The van der Waals surface area contributed by atoms with Gasteiger partial charge in [0.25, 0.3) is 5.56 Å². The van der Waals surface area contributed by atoms with Gasteiger partial charge in [-0.2, -0.15) is 13.2 Å². The summed E-state index contributed by atoms with van der Waals surface area (Å²) in [7, 11) is -2.20. The van der Waals surface area contributed by atoms with Crippen LogP contribution in [-0.4, -0.2) is 28.8 Å². The largest absolute Gasteiger partial charge is 0.449 e. The smallest absolute Gasteiger partial charge is 0.320 e. The average molecular weight is 454 g/mol. The number of fused-ring (bicyclic) bond motifs is 1. The summed E-state index contributed by atoms with van der Waals surface area (Å²) in [4.78, 5) is 15.8. The lowest BCUT2D eigenvalue weighted by molar-refractivity contribution is -0.147. The second-order valence-corrected chi connectivity index (χ2v) is 9.83. The molecule has 1 fully saturated rings. The molecule has 0 atom stereocenters. The average Bonchev–Trinajstić information content (AvgIpc) is 3.36. The number of aryl methyl sites for hydroxylation is 2. The van der Waals surface area contributed by atoms with E-state index in [1.807, 2.05) is 0 Å². The number of benzene rings is 1. The standard InChI is InChI=1S/C20H21F3N4O3S/c1-11-6-14(10-26(2)18(11)28)13-7-15(25-31(3,29)30)17-16(8-13)27(9-12-4-5-12)19(24-17)20(21,22)23/h6-8,10,12,25H,4-5,9H2,1-3H3. The number of hydrogen-bond donors (Lipinski definition) is 1. The molecule has 0 bridgehead atoms. The van der Waals surface area contributed by atoms with E-state index in [-0.39, 0.29) is 34.7 Å². The zero-order chi connectivity index (χ0) is 22.7. The van der Waals surface area contributed by atoms with E-state index in [0.717, 1.165) is 23.7 Å². The highest BCUT2D eigenvalue weighted by atomic mass is 32.2. The molecule has 0 aliphatic heterocycles. The maximum Gasteiger partial charge on any atom is 0.449 e. The van der Waals surface area contributed by atoms with E-state index in [1.165, 1.54) is 10.6 Å². The maximum absolute atomic E-state index is 13.7. The van der Waals surface area contributed by atoms with Crippen LogP contribution in [-0.2, 0) is 29.8 Å². The molecule has 11 heteroatoms. The van der Waals surface area contributed by atoms with E-state index >= 15 is 0 Å². The molecule has 3 aromatic rings. The Balaban J connectivity index is 2.03. The molecule has 0 radical (unpaired) electrons. The molecule has 0 amide bonds. The molecule has 0 saturated heterocycles. The van der Waals surface area contributed by atoms with Crippen molar-refractivity contribution in [3.63, 3.8) is 0 Å². The summed E-state index contributed by atoms with van der Waals surface area (Å²) in [6, 6.07) is 4.63. The third kappa shape index (κ3) is 4.32. The van der Waals surface area contributed by atoms with Crippen LogP contribution in [0.3, 0.4) is 0 Å². The van der Waals surface area contributed by atoms with Crippen LogP contribution in [0, 0.1) is 12.8 Å². The van der Waals surface area contributed by atoms with Crippen LogP contribution >= 0.6 is 0 Å². The third-order valence-corrected chi connectivity index (χ3v) is 5.83. The third-order valence-electron chi connectivity index (χ3n) is 5.24. The van der Waals surface area contributed by atoms with Crippen molar-refractivity contribution in [2.24, 2.45) is 13.0 Å². The topological polar surface area (TPSA) is 86.0 Å². The molecule has 1 saturated carbocycles. The number of halogens is 3. The summed E-state index contributed by atoms with van der Waals surface area (Å²) in [5.41, 5.74) is 1.39. The van der Waals surface area contributed by atoms with Crippen molar-refractivity contribution in [2.75, 3.05) is 11.0 Å². The first kappa shape index (κ1) is 21.4. The minimum atomic E-state index is -4.69. The van der Waals surface area contributed by atoms with E-state index in [4.69, 9.17) is 0 Å². The lowest BCUT2D eigenvalue weighted by atomic mass is 10.0. The van der Waals surface area contributed by atoms with Gasteiger partial charge >= 0.3 is 6.18 Å². The van der Waals surface area contributed by atoms with E-state index in [0.29, 0.717) is 16.7 Å². The summed E-state index contributed by atoms with van der Waals surface area (Å²) >= 11 is 0. The van der Waals surface area contributed by atoms with Gasteiger partial charge in [-0.3, -0.25) is 9.52 Å². The van der Waals surface area contributed by atoms with Crippen LogP contribution in [0.15, 0.2) is 29.2 Å². The predicted molar refractivity (Wildman–Crippen MR) is 111 cm³/mol. The van der Waals surface area contributed by atoms with Gasteiger partial charge < -0.3 is 9.13 Å². The molecule has 0 spiro atoms. The lowest BCUT2D eigenvalue weighted by Gasteiger charge is -2.13. The molecular weight excluding hydrogens is 433 g/mol. The minimum absolute atomic E-state index is 0.0402. The SMILES string of the molecule is Cc1cc(-c2cc(NS(C)(=O)=O)c3nc(C(F)(F)F)n(CC4CC4)c3c2)cn(C)c1=O. The van der Waals surface area contributed by atoms with Crippen molar-refractivity contribution >= 4 is 26.7 Å². The first-order valence-corrected chi connectivity index (χ1v) is 11.5. The number of nitrogens with one attached hydrogen (secondary N) is 1.